The lowest BCUT2D eigenvalue weighted by molar-refractivity contribution is -0.142. The quantitative estimate of drug-likeness (QED) is 0.815. The van der Waals surface area contributed by atoms with Crippen LogP contribution in [0, 0.1) is 0 Å². The molecular formula is C12H12O4. The molecule has 0 aliphatic carbocycles. The minimum absolute atomic E-state index is 0.0376. The first-order chi connectivity index (χ1) is 7.44. The fourth-order valence-corrected chi connectivity index (χ4v) is 1.64. The van der Waals surface area contributed by atoms with Crippen LogP contribution in [0.1, 0.15) is 19.4 Å². The number of rotatable bonds is 2. The molecule has 0 amide bonds. The van der Waals surface area contributed by atoms with Crippen molar-refractivity contribution in [2.45, 2.75) is 19.3 Å². The molecule has 0 spiro atoms. The van der Waals surface area contributed by atoms with Crippen molar-refractivity contribution in [1.82, 2.24) is 0 Å². The van der Waals surface area contributed by atoms with Gasteiger partial charge in [-0.2, -0.15) is 0 Å². The highest BCUT2D eigenvalue weighted by Crippen LogP contribution is 2.36. The van der Waals surface area contributed by atoms with Crippen molar-refractivity contribution < 1.29 is 19.4 Å². The van der Waals surface area contributed by atoms with E-state index in [-0.39, 0.29) is 5.75 Å². The predicted molar refractivity (Wildman–Crippen MR) is 58.5 cm³/mol. The second-order valence-corrected chi connectivity index (χ2v) is 4.23. The number of carbonyl (C=O) groups is 1. The van der Waals surface area contributed by atoms with Crippen LogP contribution >= 0.6 is 0 Å². The Morgan fingerprint density at radius 1 is 1.38 bits per heavy atom. The van der Waals surface area contributed by atoms with Crippen molar-refractivity contribution >= 4 is 16.9 Å². The van der Waals surface area contributed by atoms with Crippen LogP contribution in [0.4, 0.5) is 0 Å². The molecule has 4 heteroatoms. The van der Waals surface area contributed by atoms with Crippen molar-refractivity contribution in [2.24, 2.45) is 0 Å². The Morgan fingerprint density at radius 2 is 2.06 bits per heavy atom. The molecular weight excluding hydrogens is 208 g/mol. The molecule has 0 unspecified atom stereocenters. The minimum Gasteiger partial charge on any atom is -0.507 e. The number of hydrogen-bond donors (Lipinski definition) is 2. The first kappa shape index (κ1) is 10.5. The summed E-state index contributed by atoms with van der Waals surface area (Å²) < 4.78 is 5.24. The summed E-state index contributed by atoms with van der Waals surface area (Å²) in [6, 6.07) is 4.86. The van der Waals surface area contributed by atoms with E-state index in [1.165, 1.54) is 12.3 Å². The van der Waals surface area contributed by atoms with Crippen LogP contribution in [-0.2, 0) is 10.2 Å². The van der Waals surface area contributed by atoms with E-state index in [2.05, 4.69) is 0 Å². The van der Waals surface area contributed by atoms with E-state index < -0.39 is 11.4 Å². The maximum atomic E-state index is 11.2. The van der Waals surface area contributed by atoms with Gasteiger partial charge in [-0.1, -0.05) is 6.07 Å². The van der Waals surface area contributed by atoms with Gasteiger partial charge in [-0.05, 0) is 26.0 Å². The number of aliphatic carboxylic acids is 1. The molecule has 0 aliphatic rings. The van der Waals surface area contributed by atoms with Gasteiger partial charge in [0, 0.05) is 5.56 Å². The third kappa shape index (κ3) is 1.34. The summed E-state index contributed by atoms with van der Waals surface area (Å²) in [5.74, 6) is -0.922. The van der Waals surface area contributed by atoms with Crippen molar-refractivity contribution in [3.63, 3.8) is 0 Å². The molecule has 1 heterocycles. The van der Waals surface area contributed by atoms with Gasteiger partial charge in [-0.25, -0.2) is 0 Å². The molecule has 0 bridgehead atoms. The first-order valence-corrected chi connectivity index (χ1v) is 4.87. The highest BCUT2D eigenvalue weighted by Gasteiger charge is 2.33. The first-order valence-electron chi connectivity index (χ1n) is 4.87. The fraction of sp³-hybridized carbons (Fsp3) is 0.250. The van der Waals surface area contributed by atoms with Gasteiger partial charge in [0.15, 0.2) is 0 Å². The van der Waals surface area contributed by atoms with Gasteiger partial charge >= 0.3 is 5.97 Å². The fourth-order valence-electron chi connectivity index (χ4n) is 1.64. The van der Waals surface area contributed by atoms with Crippen LogP contribution in [0.2, 0.25) is 0 Å². The summed E-state index contributed by atoms with van der Waals surface area (Å²) in [5.41, 5.74) is -0.123. The molecule has 16 heavy (non-hydrogen) atoms. The second-order valence-electron chi connectivity index (χ2n) is 4.23. The lowest BCUT2D eigenvalue weighted by Gasteiger charge is -2.17. The van der Waals surface area contributed by atoms with E-state index in [9.17, 15) is 9.90 Å². The van der Waals surface area contributed by atoms with Crippen LogP contribution in [0.5, 0.6) is 5.75 Å². The third-order valence-corrected chi connectivity index (χ3v) is 2.79. The maximum Gasteiger partial charge on any atom is 0.313 e. The minimum atomic E-state index is -1.09. The number of aromatic hydroxyl groups is 1. The number of phenolic OH excluding ortho intramolecular Hbond substituents is 1. The molecule has 0 fully saturated rings. The molecule has 2 rings (SSSR count). The van der Waals surface area contributed by atoms with Gasteiger partial charge in [0.25, 0.3) is 0 Å². The Balaban J connectivity index is 2.76. The number of benzene rings is 1. The monoisotopic (exact) mass is 220 g/mol. The Labute approximate surface area is 92.1 Å². The number of phenols is 1. The molecule has 2 N–H and O–H groups in total. The zero-order chi connectivity index (χ0) is 11.9. The molecule has 1 aromatic carbocycles. The Bertz CT molecular complexity index is 551. The second kappa shape index (κ2) is 3.27. The summed E-state index contributed by atoms with van der Waals surface area (Å²) in [6.45, 7) is 3.15. The zero-order valence-corrected chi connectivity index (χ0v) is 9.02. The molecule has 84 valence electrons. The number of fused-ring (bicyclic) bond motifs is 1. The van der Waals surface area contributed by atoms with Crippen LogP contribution in [-0.4, -0.2) is 16.2 Å². The van der Waals surface area contributed by atoms with Gasteiger partial charge < -0.3 is 14.6 Å². The summed E-state index contributed by atoms with van der Waals surface area (Å²) >= 11 is 0. The van der Waals surface area contributed by atoms with Crippen LogP contribution in [0.25, 0.3) is 11.0 Å². The normalized spacial score (nSPS) is 11.9. The third-order valence-electron chi connectivity index (χ3n) is 2.79. The zero-order valence-electron chi connectivity index (χ0n) is 9.02. The Hall–Kier alpha value is -1.97. The summed E-state index contributed by atoms with van der Waals surface area (Å²) in [6.07, 6.45) is 1.39. The number of furan rings is 1. The Morgan fingerprint density at radius 3 is 2.69 bits per heavy atom. The number of hydrogen-bond acceptors (Lipinski definition) is 3. The molecule has 2 aromatic rings. The highest BCUT2D eigenvalue weighted by atomic mass is 16.4. The molecule has 0 saturated heterocycles. The van der Waals surface area contributed by atoms with Gasteiger partial charge in [-0.3, -0.25) is 4.79 Å². The van der Waals surface area contributed by atoms with E-state index in [0.717, 1.165) is 0 Å². The van der Waals surface area contributed by atoms with Gasteiger partial charge in [0.2, 0.25) is 0 Å². The van der Waals surface area contributed by atoms with E-state index in [0.29, 0.717) is 16.5 Å². The summed E-state index contributed by atoms with van der Waals surface area (Å²) in [7, 11) is 0. The van der Waals surface area contributed by atoms with Crippen LogP contribution < -0.4 is 0 Å². The van der Waals surface area contributed by atoms with E-state index in [1.54, 1.807) is 26.0 Å². The molecule has 0 saturated carbocycles. The van der Waals surface area contributed by atoms with Crippen molar-refractivity contribution in [2.75, 3.05) is 0 Å². The number of carboxylic acids is 1. The SMILES string of the molecule is CC(C)(C(=O)O)c1coc2cccc(O)c12. The van der Waals surface area contributed by atoms with E-state index in [4.69, 9.17) is 9.52 Å². The topological polar surface area (TPSA) is 70.7 Å². The highest BCUT2D eigenvalue weighted by molar-refractivity contribution is 5.93. The molecule has 0 radical (unpaired) electrons. The molecule has 1 aromatic heterocycles. The predicted octanol–water partition coefficient (Wildman–Crippen LogP) is 2.50. The van der Waals surface area contributed by atoms with Gasteiger partial charge in [0.1, 0.15) is 11.3 Å². The molecule has 0 aliphatic heterocycles. The lowest BCUT2D eigenvalue weighted by atomic mass is 9.84. The Kier molecular flexibility index (Phi) is 2.15. The van der Waals surface area contributed by atoms with Crippen molar-refractivity contribution in [3.05, 3.63) is 30.0 Å². The maximum absolute atomic E-state index is 11.2. The molecule has 4 nitrogen and oxygen atoms in total. The van der Waals surface area contributed by atoms with Crippen LogP contribution in [0.3, 0.4) is 0 Å². The van der Waals surface area contributed by atoms with Crippen LogP contribution in [0.15, 0.2) is 28.9 Å². The number of carboxylic acid groups (broad SMARTS) is 1. The standard InChI is InChI=1S/C12H12O4/c1-12(2,11(14)15)7-6-16-9-5-3-4-8(13)10(7)9/h3-6,13H,1-2H3,(H,14,15). The lowest BCUT2D eigenvalue weighted by Crippen LogP contribution is -2.28. The van der Waals surface area contributed by atoms with E-state index >= 15 is 0 Å². The molecule has 0 atom stereocenters. The smallest absolute Gasteiger partial charge is 0.313 e. The summed E-state index contributed by atoms with van der Waals surface area (Å²) in [4.78, 5) is 11.2. The van der Waals surface area contributed by atoms with Gasteiger partial charge in [0.05, 0.1) is 17.1 Å². The average Bonchev–Trinajstić information content (AvgIpc) is 2.63. The largest absolute Gasteiger partial charge is 0.507 e. The summed E-state index contributed by atoms with van der Waals surface area (Å²) in [5, 5.41) is 19.3. The van der Waals surface area contributed by atoms with Crippen molar-refractivity contribution in [1.29, 1.82) is 0 Å². The van der Waals surface area contributed by atoms with E-state index in [1.807, 2.05) is 0 Å². The van der Waals surface area contributed by atoms with Gasteiger partial charge in [-0.15, -0.1) is 0 Å². The van der Waals surface area contributed by atoms with Crippen molar-refractivity contribution in [3.8, 4) is 5.75 Å². The average molecular weight is 220 g/mol.